The van der Waals surface area contributed by atoms with Gasteiger partial charge in [-0.3, -0.25) is 9.36 Å². The van der Waals surface area contributed by atoms with Gasteiger partial charge in [0.2, 0.25) is 5.91 Å². The van der Waals surface area contributed by atoms with Gasteiger partial charge < -0.3 is 10.1 Å². The lowest BCUT2D eigenvalue weighted by molar-refractivity contribution is -0.120. The minimum Gasteiger partial charge on any atom is -0.385 e. The number of ether oxygens (including phenoxy) is 1. The van der Waals surface area contributed by atoms with Gasteiger partial charge in [0.05, 0.1) is 5.25 Å². The zero-order valence-electron chi connectivity index (χ0n) is 19.5. The van der Waals surface area contributed by atoms with E-state index in [1.165, 1.54) is 30.2 Å². The average molecular weight is 445 g/mol. The maximum Gasteiger partial charge on any atom is 0.233 e. The number of carbonyl (C=O) groups is 1. The molecule has 3 rings (SSSR count). The van der Waals surface area contributed by atoms with Crippen molar-refractivity contribution in [3.63, 3.8) is 0 Å². The molecule has 1 saturated carbocycles. The first-order valence-corrected chi connectivity index (χ1v) is 12.2. The second-order valence-electron chi connectivity index (χ2n) is 9.34. The summed E-state index contributed by atoms with van der Waals surface area (Å²) < 4.78 is 7.32. The third-order valence-electron chi connectivity index (χ3n) is 5.84. The van der Waals surface area contributed by atoms with Gasteiger partial charge in [-0.1, -0.05) is 69.6 Å². The SMILES string of the molecule is COCCCNC(=O)C(C)Sc1nnc(-c2ccc(C(C)(C)C)cc2)n1C1CCCC1. The summed E-state index contributed by atoms with van der Waals surface area (Å²) in [6.07, 6.45) is 5.54. The van der Waals surface area contributed by atoms with Crippen LogP contribution in [0.25, 0.3) is 11.4 Å². The van der Waals surface area contributed by atoms with E-state index in [-0.39, 0.29) is 16.6 Å². The van der Waals surface area contributed by atoms with Gasteiger partial charge in [0.15, 0.2) is 11.0 Å². The molecule has 1 amide bonds. The highest BCUT2D eigenvalue weighted by Gasteiger charge is 2.27. The van der Waals surface area contributed by atoms with Gasteiger partial charge >= 0.3 is 0 Å². The molecule has 1 fully saturated rings. The number of hydrogen-bond donors (Lipinski definition) is 1. The van der Waals surface area contributed by atoms with Crippen molar-refractivity contribution in [2.75, 3.05) is 20.3 Å². The quantitative estimate of drug-likeness (QED) is 0.436. The van der Waals surface area contributed by atoms with E-state index < -0.39 is 0 Å². The lowest BCUT2D eigenvalue weighted by Gasteiger charge is -2.20. The highest BCUT2D eigenvalue weighted by atomic mass is 32.2. The molecule has 6 nitrogen and oxygen atoms in total. The van der Waals surface area contributed by atoms with Crippen molar-refractivity contribution < 1.29 is 9.53 Å². The molecule has 0 radical (unpaired) electrons. The van der Waals surface area contributed by atoms with Crippen LogP contribution in [0.5, 0.6) is 0 Å². The predicted octanol–water partition coefficient (Wildman–Crippen LogP) is 4.99. The van der Waals surface area contributed by atoms with Crippen LogP contribution in [0.15, 0.2) is 29.4 Å². The Kier molecular flexibility index (Phi) is 8.17. The summed E-state index contributed by atoms with van der Waals surface area (Å²) in [4.78, 5) is 12.5. The van der Waals surface area contributed by atoms with Crippen molar-refractivity contribution in [3.8, 4) is 11.4 Å². The zero-order chi connectivity index (χ0) is 22.4. The minimum absolute atomic E-state index is 0.0261. The van der Waals surface area contributed by atoms with Crippen LogP contribution < -0.4 is 5.32 Å². The van der Waals surface area contributed by atoms with Crippen LogP contribution in [-0.4, -0.2) is 46.2 Å². The Balaban J connectivity index is 1.80. The van der Waals surface area contributed by atoms with Crippen molar-refractivity contribution >= 4 is 17.7 Å². The van der Waals surface area contributed by atoms with Crippen molar-refractivity contribution in [1.82, 2.24) is 20.1 Å². The molecule has 1 aromatic heterocycles. The number of amides is 1. The molecule has 170 valence electrons. The highest BCUT2D eigenvalue weighted by Crippen LogP contribution is 2.38. The van der Waals surface area contributed by atoms with Crippen molar-refractivity contribution in [2.45, 2.75) is 81.7 Å². The van der Waals surface area contributed by atoms with Gasteiger partial charge in [-0.15, -0.1) is 10.2 Å². The Labute approximate surface area is 190 Å². The topological polar surface area (TPSA) is 69.0 Å². The van der Waals surface area contributed by atoms with Gasteiger partial charge in [-0.05, 0) is 37.2 Å². The number of nitrogens with zero attached hydrogens (tertiary/aromatic N) is 3. The number of carbonyl (C=O) groups excluding carboxylic acids is 1. The smallest absolute Gasteiger partial charge is 0.233 e. The third kappa shape index (κ3) is 6.10. The highest BCUT2D eigenvalue weighted by molar-refractivity contribution is 8.00. The molecule has 1 atom stereocenters. The van der Waals surface area contributed by atoms with E-state index in [0.29, 0.717) is 19.2 Å². The molecule has 1 N–H and O–H groups in total. The predicted molar refractivity (Wildman–Crippen MR) is 126 cm³/mol. The van der Waals surface area contributed by atoms with Crippen LogP contribution in [0.4, 0.5) is 0 Å². The number of nitrogens with one attached hydrogen (secondary N) is 1. The zero-order valence-corrected chi connectivity index (χ0v) is 20.3. The van der Waals surface area contributed by atoms with Crippen molar-refractivity contribution in [2.24, 2.45) is 0 Å². The largest absolute Gasteiger partial charge is 0.385 e. The Morgan fingerprint density at radius 3 is 2.52 bits per heavy atom. The van der Waals surface area contributed by atoms with Crippen LogP contribution >= 0.6 is 11.8 Å². The second-order valence-corrected chi connectivity index (χ2v) is 10.6. The molecule has 1 heterocycles. The van der Waals surface area contributed by atoms with Crippen LogP contribution in [0.2, 0.25) is 0 Å². The van der Waals surface area contributed by atoms with Gasteiger partial charge in [0.25, 0.3) is 0 Å². The first kappa shape index (κ1) is 23.8. The first-order valence-electron chi connectivity index (χ1n) is 11.3. The van der Waals surface area contributed by atoms with Crippen LogP contribution in [0, 0.1) is 0 Å². The lowest BCUT2D eigenvalue weighted by Crippen LogP contribution is -2.32. The fourth-order valence-electron chi connectivity index (χ4n) is 3.95. The van der Waals surface area contributed by atoms with Gasteiger partial charge in [-0.2, -0.15) is 0 Å². The maximum atomic E-state index is 12.5. The Bertz CT molecular complexity index is 851. The standard InChI is InChI=1S/C24H36N4O2S/c1-17(22(29)25-15-8-16-30-5)31-23-27-26-21(28(23)20-9-6-7-10-20)18-11-13-19(14-12-18)24(2,3)4/h11-14,17,20H,6-10,15-16H2,1-5H3,(H,25,29). The maximum absolute atomic E-state index is 12.5. The van der Waals surface area contributed by atoms with E-state index in [4.69, 9.17) is 4.74 Å². The van der Waals surface area contributed by atoms with Crippen molar-refractivity contribution in [3.05, 3.63) is 29.8 Å². The Hall–Kier alpha value is -1.86. The third-order valence-corrected chi connectivity index (χ3v) is 6.90. The normalized spacial score (nSPS) is 15.9. The molecule has 0 spiro atoms. The summed E-state index contributed by atoms with van der Waals surface area (Å²) in [7, 11) is 1.67. The van der Waals surface area contributed by atoms with Gasteiger partial charge in [0.1, 0.15) is 0 Å². The molecule has 2 aromatic rings. The molecular weight excluding hydrogens is 408 g/mol. The number of aromatic nitrogens is 3. The number of rotatable bonds is 9. The Morgan fingerprint density at radius 2 is 1.90 bits per heavy atom. The molecule has 1 unspecified atom stereocenters. The Morgan fingerprint density at radius 1 is 1.23 bits per heavy atom. The molecule has 1 aliphatic carbocycles. The molecule has 0 aliphatic heterocycles. The van der Waals surface area contributed by atoms with E-state index in [0.717, 1.165) is 35.8 Å². The fraction of sp³-hybridized carbons (Fsp3) is 0.625. The van der Waals surface area contributed by atoms with E-state index >= 15 is 0 Å². The van der Waals surface area contributed by atoms with E-state index in [1.54, 1.807) is 7.11 Å². The molecule has 31 heavy (non-hydrogen) atoms. The number of benzene rings is 1. The molecule has 1 aliphatic rings. The van der Waals surface area contributed by atoms with Crippen LogP contribution in [0.1, 0.15) is 71.4 Å². The van der Waals surface area contributed by atoms with Crippen molar-refractivity contribution in [1.29, 1.82) is 0 Å². The minimum atomic E-state index is -0.233. The van der Waals surface area contributed by atoms with Gasteiger partial charge in [0, 0.05) is 31.9 Å². The molecule has 1 aromatic carbocycles. The summed E-state index contributed by atoms with van der Waals surface area (Å²) in [5.41, 5.74) is 2.50. The monoisotopic (exact) mass is 444 g/mol. The number of methoxy groups -OCH3 is 1. The summed E-state index contributed by atoms with van der Waals surface area (Å²) in [5.74, 6) is 0.931. The molecule has 0 saturated heterocycles. The fourth-order valence-corrected chi connectivity index (χ4v) is 4.89. The molecule has 7 heteroatoms. The van der Waals surface area contributed by atoms with E-state index in [1.807, 2.05) is 6.92 Å². The number of hydrogen-bond acceptors (Lipinski definition) is 5. The summed E-state index contributed by atoms with van der Waals surface area (Å²) in [6, 6.07) is 9.07. The average Bonchev–Trinajstić information content (AvgIpc) is 3.40. The van der Waals surface area contributed by atoms with E-state index in [9.17, 15) is 4.79 Å². The number of thioether (sulfide) groups is 1. The summed E-state index contributed by atoms with van der Waals surface area (Å²) in [5, 5.41) is 12.7. The van der Waals surface area contributed by atoms with Gasteiger partial charge in [-0.25, -0.2) is 0 Å². The molecule has 0 bridgehead atoms. The lowest BCUT2D eigenvalue weighted by atomic mass is 9.86. The second kappa shape index (κ2) is 10.6. The first-order chi connectivity index (χ1) is 14.8. The van der Waals surface area contributed by atoms with Crippen LogP contribution in [0.3, 0.4) is 0 Å². The van der Waals surface area contributed by atoms with E-state index in [2.05, 4.69) is 65.1 Å². The summed E-state index contributed by atoms with van der Waals surface area (Å²) in [6.45, 7) is 9.87. The summed E-state index contributed by atoms with van der Waals surface area (Å²) >= 11 is 1.50. The molecular formula is C24H36N4O2S. The van der Waals surface area contributed by atoms with Crippen LogP contribution in [-0.2, 0) is 14.9 Å².